The lowest BCUT2D eigenvalue weighted by atomic mass is 10.2. The quantitative estimate of drug-likeness (QED) is 0.627. The SMILES string of the molecule is Cc1nc(NC(=O)CN2CCO[C@@H](c3ccc(Nc4ccccn4)cn3)C2)sc1C. The predicted molar refractivity (Wildman–Crippen MR) is 117 cm³/mol. The molecule has 0 aliphatic carbocycles. The molecule has 8 nitrogen and oxygen atoms in total. The number of aryl methyl sites for hydroxylation is 2. The molecule has 0 unspecified atom stereocenters. The van der Waals surface area contributed by atoms with Gasteiger partial charge in [-0.2, -0.15) is 0 Å². The Bertz CT molecular complexity index is 973. The maximum Gasteiger partial charge on any atom is 0.240 e. The van der Waals surface area contributed by atoms with Gasteiger partial charge in [-0.1, -0.05) is 6.07 Å². The molecule has 0 aromatic carbocycles. The molecule has 4 heterocycles. The van der Waals surface area contributed by atoms with E-state index in [4.69, 9.17) is 4.74 Å². The Labute approximate surface area is 179 Å². The Morgan fingerprint density at radius 3 is 2.87 bits per heavy atom. The van der Waals surface area contributed by atoms with Gasteiger partial charge < -0.3 is 15.4 Å². The summed E-state index contributed by atoms with van der Waals surface area (Å²) in [6.07, 6.45) is 3.34. The highest BCUT2D eigenvalue weighted by Crippen LogP contribution is 2.23. The van der Waals surface area contributed by atoms with E-state index in [0.29, 0.717) is 31.4 Å². The third-order valence-corrected chi connectivity index (χ3v) is 5.83. The van der Waals surface area contributed by atoms with Crippen molar-refractivity contribution in [2.24, 2.45) is 0 Å². The van der Waals surface area contributed by atoms with Gasteiger partial charge in [0.15, 0.2) is 5.13 Å². The van der Waals surface area contributed by atoms with Gasteiger partial charge in [-0.15, -0.1) is 11.3 Å². The van der Waals surface area contributed by atoms with Gasteiger partial charge in [0.1, 0.15) is 11.9 Å². The molecule has 30 heavy (non-hydrogen) atoms. The summed E-state index contributed by atoms with van der Waals surface area (Å²) in [7, 11) is 0. The molecule has 0 radical (unpaired) electrons. The molecule has 1 aliphatic rings. The molecule has 156 valence electrons. The first-order valence-corrected chi connectivity index (χ1v) is 10.6. The second kappa shape index (κ2) is 9.29. The van der Waals surface area contributed by atoms with E-state index in [1.807, 2.05) is 44.2 Å². The molecule has 1 saturated heterocycles. The van der Waals surface area contributed by atoms with Gasteiger partial charge in [-0.25, -0.2) is 9.97 Å². The number of thiazole rings is 1. The van der Waals surface area contributed by atoms with Crippen LogP contribution in [-0.4, -0.2) is 52.0 Å². The van der Waals surface area contributed by atoms with E-state index in [-0.39, 0.29) is 12.0 Å². The number of hydrogen-bond acceptors (Lipinski definition) is 8. The molecule has 1 aliphatic heterocycles. The molecule has 3 aromatic rings. The van der Waals surface area contributed by atoms with Crippen molar-refractivity contribution >= 4 is 33.9 Å². The zero-order chi connectivity index (χ0) is 20.9. The monoisotopic (exact) mass is 424 g/mol. The zero-order valence-corrected chi connectivity index (χ0v) is 17.8. The van der Waals surface area contributed by atoms with Crippen molar-refractivity contribution in [3.05, 3.63) is 59.0 Å². The van der Waals surface area contributed by atoms with Crippen LogP contribution in [0.3, 0.4) is 0 Å². The highest BCUT2D eigenvalue weighted by atomic mass is 32.1. The summed E-state index contributed by atoms with van der Waals surface area (Å²) in [5.74, 6) is 0.705. The number of nitrogens with one attached hydrogen (secondary N) is 2. The van der Waals surface area contributed by atoms with Gasteiger partial charge in [-0.05, 0) is 38.1 Å². The number of amides is 1. The Morgan fingerprint density at radius 2 is 2.17 bits per heavy atom. The minimum Gasteiger partial charge on any atom is -0.369 e. The smallest absolute Gasteiger partial charge is 0.240 e. The second-order valence-corrected chi connectivity index (χ2v) is 8.32. The summed E-state index contributed by atoms with van der Waals surface area (Å²) in [5, 5.41) is 6.76. The van der Waals surface area contributed by atoms with Crippen LogP contribution in [0.2, 0.25) is 0 Å². The van der Waals surface area contributed by atoms with E-state index in [1.54, 1.807) is 12.4 Å². The first-order chi connectivity index (χ1) is 14.6. The highest BCUT2D eigenvalue weighted by molar-refractivity contribution is 7.15. The number of carbonyl (C=O) groups excluding carboxylic acids is 1. The maximum atomic E-state index is 12.4. The van der Waals surface area contributed by atoms with Crippen molar-refractivity contribution in [2.45, 2.75) is 20.0 Å². The highest BCUT2D eigenvalue weighted by Gasteiger charge is 2.24. The largest absolute Gasteiger partial charge is 0.369 e. The molecule has 0 saturated carbocycles. The molecule has 0 spiro atoms. The maximum absolute atomic E-state index is 12.4. The lowest BCUT2D eigenvalue weighted by Gasteiger charge is -2.32. The Kier molecular flexibility index (Phi) is 6.32. The molecule has 1 atom stereocenters. The first kappa shape index (κ1) is 20.4. The molecule has 9 heteroatoms. The second-order valence-electron chi connectivity index (χ2n) is 7.12. The average Bonchev–Trinajstić information content (AvgIpc) is 3.06. The van der Waals surface area contributed by atoms with Crippen molar-refractivity contribution in [1.29, 1.82) is 0 Å². The van der Waals surface area contributed by atoms with E-state index >= 15 is 0 Å². The van der Waals surface area contributed by atoms with E-state index in [2.05, 4.69) is 30.5 Å². The third-order valence-electron chi connectivity index (χ3n) is 4.85. The van der Waals surface area contributed by atoms with Crippen LogP contribution in [0.5, 0.6) is 0 Å². The van der Waals surface area contributed by atoms with Gasteiger partial charge in [-0.3, -0.25) is 14.7 Å². The minimum absolute atomic E-state index is 0.0627. The van der Waals surface area contributed by atoms with Crippen molar-refractivity contribution in [1.82, 2.24) is 19.9 Å². The number of nitrogens with zero attached hydrogens (tertiary/aromatic N) is 4. The number of aromatic nitrogens is 3. The van der Waals surface area contributed by atoms with Crippen LogP contribution >= 0.6 is 11.3 Å². The molecule has 1 fully saturated rings. The van der Waals surface area contributed by atoms with Crippen LogP contribution in [0.25, 0.3) is 0 Å². The zero-order valence-electron chi connectivity index (χ0n) is 17.0. The Hall–Kier alpha value is -2.88. The summed E-state index contributed by atoms with van der Waals surface area (Å²) in [5.41, 5.74) is 2.66. The standard InChI is InChI=1S/C21H24N6O2S/c1-14-15(2)30-21(24-14)26-20(28)13-27-9-10-29-18(12-27)17-7-6-16(11-23-17)25-19-5-3-4-8-22-19/h3-8,11,18H,9-10,12-13H2,1-2H3,(H,22,25)(H,24,26,28)/t18-/m1/s1. The van der Waals surface area contributed by atoms with Crippen LogP contribution in [0.4, 0.5) is 16.6 Å². The lowest BCUT2D eigenvalue weighted by Crippen LogP contribution is -2.42. The van der Waals surface area contributed by atoms with Crippen molar-refractivity contribution in [3.8, 4) is 0 Å². The normalized spacial score (nSPS) is 16.9. The number of morpholine rings is 1. The Morgan fingerprint density at radius 1 is 1.27 bits per heavy atom. The molecule has 0 bridgehead atoms. The topological polar surface area (TPSA) is 92.3 Å². The molecule has 2 N–H and O–H groups in total. The number of anilines is 3. The van der Waals surface area contributed by atoms with E-state index < -0.39 is 0 Å². The minimum atomic E-state index is -0.167. The number of ether oxygens (including phenoxy) is 1. The molecule has 3 aromatic heterocycles. The average molecular weight is 425 g/mol. The summed E-state index contributed by atoms with van der Waals surface area (Å²) >= 11 is 1.50. The van der Waals surface area contributed by atoms with Crippen LogP contribution in [-0.2, 0) is 9.53 Å². The van der Waals surface area contributed by atoms with Gasteiger partial charge in [0.05, 0.1) is 36.4 Å². The molecular formula is C21H24N6O2S. The van der Waals surface area contributed by atoms with Crippen molar-refractivity contribution < 1.29 is 9.53 Å². The molecular weight excluding hydrogens is 400 g/mol. The van der Waals surface area contributed by atoms with E-state index in [0.717, 1.165) is 27.8 Å². The molecule has 4 rings (SSSR count). The van der Waals surface area contributed by atoms with E-state index in [9.17, 15) is 4.79 Å². The first-order valence-electron chi connectivity index (χ1n) is 9.78. The van der Waals surface area contributed by atoms with Crippen LogP contribution in [0.15, 0.2) is 42.7 Å². The lowest BCUT2D eigenvalue weighted by molar-refractivity contribution is -0.119. The summed E-state index contributed by atoms with van der Waals surface area (Å²) in [4.78, 5) is 28.8. The van der Waals surface area contributed by atoms with Gasteiger partial charge in [0.25, 0.3) is 0 Å². The van der Waals surface area contributed by atoms with Crippen LogP contribution < -0.4 is 10.6 Å². The third kappa shape index (κ3) is 5.18. The van der Waals surface area contributed by atoms with Crippen molar-refractivity contribution in [3.63, 3.8) is 0 Å². The van der Waals surface area contributed by atoms with Crippen LogP contribution in [0, 0.1) is 13.8 Å². The predicted octanol–water partition coefficient (Wildman–Crippen LogP) is 3.31. The van der Waals surface area contributed by atoms with Gasteiger partial charge in [0, 0.05) is 24.2 Å². The van der Waals surface area contributed by atoms with Gasteiger partial charge in [0.2, 0.25) is 5.91 Å². The van der Waals surface area contributed by atoms with Crippen molar-refractivity contribution in [2.75, 3.05) is 36.9 Å². The molecule has 1 amide bonds. The fraction of sp³-hybridized carbons (Fsp3) is 0.333. The van der Waals surface area contributed by atoms with Crippen LogP contribution in [0.1, 0.15) is 22.4 Å². The van der Waals surface area contributed by atoms with Gasteiger partial charge >= 0.3 is 0 Å². The van der Waals surface area contributed by atoms with E-state index in [1.165, 1.54) is 11.3 Å². The number of carbonyl (C=O) groups is 1. The number of rotatable bonds is 6. The fourth-order valence-corrected chi connectivity index (χ4v) is 4.00. The number of hydrogen-bond donors (Lipinski definition) is 2. The summed E-state index contributed by atoms with van der Waals surface area (Å²) in [6, 6.07) is 9.60. The fourth-order valence-electron chi connectivity index (χ4n) is 3.17. The summed E-state index contributed by atoms with van der Waals surface area (Å²) in [6.45, 7) is 6.13. The number of pyridine rings is 2. The Balaban J connectivity index is 1.32. The summed E-state index contributed by atoms with van der Waals surface area (Å²) < 4.78 is 5.89.